The van der Waals surface area contributed by atoms with Gasteiger partial charge in [-0.15, -0.1) is 11.3 Å². The summed E-state index contributed by atoms with van der Waals surface area (Å²) >= 11 is 1.61. The van der Waals surface area contributed by atoms with Gasteiger partial charge in [0.1, 0.15) is 6.04 Å². The predicted molar refractivity (Wildman–Crippen MR) is 110 cm³/mol. The zero-order valence-electron chi connectivity index (χ0n) is 16.1. The Kier molecular flexibility index (Phi) is 5.84. The molecule has 10 heteroatoms. The molecule has 2 aromatic carbocycles. The van der Waals surface area contributed by atoms with E-state index in [1.54, 1.807) is 23.5 Å². The average Bonchev–Trinajstić information content (AvgIpc) is 3.32. The standard InChI is InChI=1S/C21H18F2N2O5S/c22-21(23)30-12-8-15(20(28)29)25(10-12)18(26)9-24-19(27)11-5-6-17-14(7-11)13-3-1-2-4-16(13)31-17/h1-7,12,15,21H,8-10H2,(H,24,27)(H,28,29)/t12-,15+/m1/s1. The van der Waals surface area contributed by atoms with Gasteiger partial charge >= 0.3 is 12.6 Å². The van der Waals surface area contributed by atoms with Gasteiger partial charge in [-0.2, -0.15) is 8.78 Å². The highest BCUT2D eigenvalue weighted by molar-refractivity contribution is 7.25. The van der Waals surface area contributed by atoms with Crippen LogP contribution in [0.3, 0.4) is 0 Å². The zero-order chi connectivity index (χ0) is 22.1. The molecule has 2 atom stereocenters. The number of ether oxygens (including phenoxy) is 1. The van der Waals surface area contributed by atoms with Crippen LogP contribution in [-0.2, 0) is 14.3 Å². The Labute approximate surface area is 179 Å². The van der Waals surface area contributed by atoms with Crippen molar-refractivity contribution in [3.05, 3.63) is 48.0 Å². The first-order valence-corrected chi connectivity index (χ1v) is 10.3. The van der Waals surface area contributed by atoms with Crippen LogP contribution in [0, 0.1) is 0 Å². The Bertz CT molecular complexity index is 1170. The maximum atomic E-state index is 12.6. The Balaban J connectivity index is 1.44. The molecule has 1 fully saturated rings. The number of rotatable bonds is 6. The van der Waals surface area contributed by atoms with E-state index in [1.807, 2.05) is 30.3 Å². The lowest BCUT2D eigenvalue weighted by molar-refractivity contribution is -0.160. The number of hydrogen-bond acceptors (Lipinski definition) is 5. The molecule has 0 aliphatic carbocycles. The van der Waals surface area contributed by atoms with Gasteiger partial charge in [0, 0.05) is 38.7 Å². The number of thiophene rings is 1. The molecule has 31 heavy (non-hydrogen) atoms. The molecule has 1 aliphatic rings. The molecule has 2 N–H and O–H groups in total. The van der Waals surface area contributed by atoms with Crippen molar-refractivity contribution in [1.82, 2.24) is 10.2 Å². The summed E-state index contributed by atoms with van der Waals surface area (Å²) in [5.41, 5.74) is 0.360. The van der Waals surface area contributed by atoms with Crippen molar-refractivity contribution in [2.45, 2.75) is 25.2 Å². The highest BCUT2D eigenvalue weighted by Crippen LogP contribution is 2.34. The minimum Gasteiger partial charge on any atom is -0.480 e. The van der Waals surface area contributed by atoms with Crippen LogP contribution in [0.15, 0.2) is 42.5 Å². The smallest absolute Gasteiger partial charge is 0.345 e. The van der Waals surface area contributed by atoms with Crippen molar-refractivity contribution in [3.63, 3.8) is 0 Å². The number of fused-ring (bicyclic) bond motifs is 3. The van der Waals surface area contributed by atoms with E-state index in [4.69, 9.17) is 0 Å². The third-order valence-corrected chi connectivity index (χ3v) is 6.35. The Morgan fingerprint density at radius 3 is 2.65 bits per heavy atom. The second-order valence-electron chi connectivity index (χ2n) is 7.15. The lowest BCUT2D eigenvalue weighted by atomic mass is 10.1. The number of nitrogens with one attached hydrogen (secondary N) is 1. The summed E-state index contributed by atoms with van der Waals surface area (Å²) in [4.78, 5) is 37.4. The minimum atomic E-state index is -3.06. The summed E-state index contributed by atoms with van der Waals surface area (Å²) in [6.07, 6.45) is -1.31. The van der Waals surface area contributed by atoms with Crippen LogP contribution in [0.1, 0.15) is 16.8 Å². The van der Waals surface area contributed by atoms with Crippen LogP contribution in [0.25, 0.3) is 20.2 Å². The van der Waals surface area contributed by atoms with Crippen molar-refractivity contribution in [2.24, 2.45) is 0 Å². The molecule has 0 saturated carbocycles. The fraction of sp³-hybridized carbons (Fsp3) is 0.286. The average molecular weight is 448 g/mol. The fourth-order valence-electron chi connectivity index (χ4n) is 3.78. The number of hydrogen-bond donors (Lipinski definition) is 2. The van der Waals surface area contributed by atoms with Gasteiger partial charge in [0.2, 0.25) is 5.91 Å². The topological polar surface area (TPSA) is 95.9 Å². The molecule has 2 amide bonds. The fourth-order valence-corrected chi connectivity index (χ4v) is 4.86. The number of alkyl halides is 2. The van der Waals surface area contributed by atoms with E-state index < -0.39 is 43.1 Å². The lowest BCUT2D eigenvalue weighted by Crippen LogP contribution is -2.45. The second-order valence-corrected chi connectivity index (χ2v) is 8.23. The number of carbonyl (C=O) groups excluding carboxylic acids is 2. The Morgan fingerprint density at radius 1 is 1.16 bits per heavy atom. The van der Waals surface area contributed by atoms with E-state index in [9.17, 15) is 28.3 Å². The number of carboxylic acids is 1. The van der Waals surface area contributed by atoms with Crippen LogP contribution in [0.4, 0.5) is 8.78 Å². The molecular formula is C21H18F2N2O5S. The van der Waals surface area contributed by atoms with Gasteiger partial charge in [-0.05, 0) is 24.3 Å². The van der Waals surface area contributed by atoms with Crippen molar-refractivity contribution >= 4 is 49.3 Å². The highest BCUT2D eigenvalue weighted by atomic mass is 32.1. The van der Waals surface area contributed by atoms with Crippen molar-refractivity contribution in [2.75, 3.05) is 13.1 Å². The zero-order valence-corrected chi connectivity index (χ0v) is 16.9. The molecule has 1 aromatic heterocycles. The second kappa shape index (κ2) is 8.56. The number of amides is 2. The molecule has 2 heterocycles. The van der Waals surface area contributed by atoms with Gasteiger partial charge in [0.15, 0.2) is 0 Å². The summed E-state index contributed by atoms with van der Waals surface area (Å²) in [6, 6.07) is 11.8. The van der Waals surface area contributed by atoms with E-state index in [0.717, 1.165) is 25.1 Å². The number of halogens is 2. The van der Waals surface area contributed by atoms with Gasteiger partial charge in [0.25, 0.3) is 5.91 Å². The Morgan fingerprint density at radius 2 is 1.90 bits per heavy atom. The maximum absolute atomic E-state index is 12.6. The molecule has 4 rings (SSSR count). The highest BCUT2D eigenvalue weighted by Gasteiger charge is 2.41. The molecule has 0 spiro atoms. The molecular weight excluding hydrogens is 430 g/mol. The van der Waals surface area contributed by atoms with Crippen LogP contribution < -0.4 is 5.32 Å². The third kappa shape index (κ3) is 4.35. The van der Waals surface area contributed by atoms with Crippen molar-refractivity contribution in [3.8, 4) is 0 Å². The number of benzene rings is 2. The van der Waals surface area contributed by atoms with Gasteiger partial charge in [-0.3, -0.25) is 9.59 Å². The van der Waals surface area contributed by atoms with E-state index in [0.29, 0.717) is 5.56 Å². The van der Waals surface area contributed by atoms with Gasteiger partial charge in [-0.25, -0.2) is 4.79 Å². The molecule has 0 bridgehead atoms. The third-order valence-electron chi connectivity index (χ3n) is 5.20. The summed E-state index contributed by atoms with van der Waals surface area (Å²) in [5, 5.41) is 13.7. The van der Waals surface area contributed by atoms with Gasteiger partial charge < -0.3 is 20.1 Å². The monoisotopic (exact) mass is 448 g/mol. The largest absolute Gasteiger partial charge is 0.480 e. The molecule has 0 radical (unpaired) electrons. The SMILES string of the molecule is O=C(NCC(=O)N1C[C@H](OC(F)F)C[C@H]1C(=O)O)c1ccc2sc3ccccc3c2c1. The van der Waals surface area contributed by atoms with E-state index in [1.165, 1.54) is 0 Å². The molecule has 1 aliphatic heterocycles. The normalized spacial score (nSPS) is 18.7. The summed E-state index contributed by atoms with van der Waals surface area (Å²) in [7, 11) is 0. The lowest BCUT2D eigenvalue weighted by Gasteiger charge is -2.21. The van der Waals surface area contributed by atoms with Gasteiger partial charge in [0.05, 0.1) is 12.6 Å². The molecule has 162 valence electrons. The molecule has 3 aromatic rings. The van der Waals surface area contributed by atoms with Crippen LogP contribution >= 0.6 is 11.3 Å². The number of aliphatic carboxylic acids is 1. The molecule has 7 nitrogen and oxygen atoms in total. The van der Waals surface area contributed by atoms with Crippen LogP contribution in [-0.4, -0.2) is 59.6 Å². The predicted octanol–water partition coefficient (Wildman–Crippen LogP) is 3.08. The minimum absolute atomic E-state index is 0.235. The van der Waals surface area contributed by atoms with Crippen molar-refractivity contribution in [1.29, 1.82) is 0 Å². The molecule has 0 unspecified atom stereocenters. The maximum Gasteiger partial charge on any atom is 0.345 e. The summed E-state index contributed by atoms with van der Waals surface area (Å²) in [6.45, 7) is -3.78. The van der Waals surface area contributed by atoms with E-state index in [-0.39, 0.29) is 13.0 Å². The van der Waals surface area contributed by atoms with Gasteiger partial charge in [-0.1, -0.05) is 18.2 Å². The first kappa shape index (κ1) is 21.1. The Hall–Kier alpha value is -3.11. The number of likely N-dealkylation sites (tertiary alicyclic amines) is 1. The quantitative estimate of drug-likeness (QED) is 0.604. The first-order valence-electron chi connectivity index (χ1n) is 9.49. The summed E-state index contributed by atoms with van der Waals surface area (Å²) in [5.74, 6) is -2.48. The van der Waals surface area contributed by atoms with Crippen LogP contribution in [0.2, 0.25) is 0 Å². The number of carbonyl (C=O) groups is 3. The number of carboxylic acid groups (broad SMARTS) is 1. The van der Waals surface area contributed by atoms with E-state index in [2.05, 4.69) is 10.1 Å². The summed E-state index contributed by atoms with van der Waals surface area (Å²) < 4.78 is 31.4. The van der Waals surface area contributed by atoms with Crippen LogP contribution in [0.5, 0.6) is 0 Å². The molecule has 1 saturated heterocycles. The van der Waals surface area contributed by atoms with Crippen molar-refractivity contribution < 1.29 is 33.0 Å². The first-order chi connectivity index (χ1) is 14.8. The van der Waals surface area contributed by atoms with E-state index >= 15 is 0 Å². The number of nitrogens with zero attached hydrogens (tertiary/aromatic N) is 1.